The molecule has 2 N–H and O–H groups in total. The molecule has 2 heterocycles. The van der Waals surface area contributed by atoms with Crippen LogP contribution in [0, 0.1) is 6.92 Å². The van der Waals surface area contributed by atoms with Gasteiger partial charge >= 0.3 is 0 Å². The SMILES string of the molecule is Cc1ncc(S(=O)(=O)N2CCCCC2CO)[nH]1. The van der Waals surface area contributed by atoms with Gasteiger partial charge in [0.05, 0.1) is 12.8 Å². The van der Waals surface area contributed by atoms with Gasteiger partial charge in [-0.15, -0.1) is 0 Å². The standard InChI is InChI=1S/C10H17N3O3S/c1-8-11-6-10(12-8)17(15,16)13-5-3-2-4-9(13)7-14/h6,9,14H,2-5,7H2,1H3,(H,11,12). The van der Waals surface area contributed by atoms with Crippen LogP contribution in [0.2, 0.25) is 0 Å². The predicted molar refractivity (Wildman–Crippen MR) is 61.9 cm³/mol. The highest BCUT2D eigenvalue weighted by atomic mass is 32.2. The molecule has 17 heavy (non-hydrogen) atoms. The summed E-state index contributed by atoms with van der Waals surface area (Å²) in [7, 11) is -3.55. The zero-order valence-electron chi connectivity index (χ0n) is 9.76. The molecule has 0 amide bonds. The number of sulfonamides is 1. The Bertz CT molecular complexity index is 483. The van der Waals surface area contributed by atoms with Crippen LogP contribution >= 0.6 is 0 Å². The number of nitrogens with zero attached hydrogens (tertiary/aromatic N) is 2. The molecule has 6 nitrogen and oxygen atoms in total. The van der Waals surface area contributed by atoms with E-state index in [9.17, 15) is 13.5 Å². The minimum atomic E-state index is -3.55. The molecule has 1 fully saturated rings. The molecule has 0 bridgehead atoms. The van der Waals surface area contributed by atoms with Gasteiger partial charge in [-0.25, -0.2) is 13.4 Å². The van der Waals surface area contributed by atoms with E-state index >= 15 is 0 Å². The van der Waals surface area contributed by atoms with Crippen molar-refractivity contribution in [2.24, 2.45) is 0 Å². The molecule has 0 aromatic carbocycles. The third-order valence-corrected chi connectivity index (χ3v) is 4.91. The Morgan fingerprint density at radius 3 is 2.94 bits per heavy atom. The lowest BCUT2D eigenvalue weighted by atomic mass is 10.1. The first-order chi connectivity index (χ1) is 8.05. The highest BCUT2D eigenvalue weighted by Gasteiger charge is 2.34. The van der Waals surface area contributed by atoms with Crippen molar-refractivity contribution < 1.29 is 13.5 Å². The molecule has 1 aliphatic rings. The number of aryl methyl sites for hydroxylation is 1. The van der Waals surface area contributed by atoms with Crippen molar-refractivity contribution in [3.05, 3.63) is 12.0 Å². The second-order valence-corrected chi connectivity index (χ2v) is 6.14. The highest BCUT2D eigenvalue weighted by molar-refractivity contribution is 7.89. The molecule has 1 aliphatic heterocycles. The molecule has 0 aliphatic carbocycles. The number of rotatable bonds is 3. The van der Waals surface area contributed by atoms with Crippen LogP contribution in [0.25, 0.3) is 0 Å². The fourth-order valence-corrected chi connectivity index (χ4v) is 3.78. The maximum Gasteiger partial charge on any atom is 0.260 e. The third kappa shape index (κ3) is 2.36. The molecule has 1 aromatic heterocycles. The van der Waals surface area contributed by atoms with E-state index in [1.165, 1.54) is 10.5 Å². The van der Waals surface area contributed by atoms with E-state index in [0.717, 1.165) is 12.8 Å². The van der Waals surface area contributed by atoms with E-state index in [-0.39, 0.29) is 17.7 Å². The highest BCUT2D eigenvalue weighted by Crippen LogP contribution is 2.24. The number of hydrogen-bond acceptors (Lipinski definition) is 4. The number of nitrogens with one attached hydrogen (secondary N) is 1. The summed E-state index contributed by atoms with van der Waals surface area (Å²) in [6, 6.07) is -0.308. The Morgan fingerprint density at radius 2 is 2.35 bits per heavy atom. The first kappa shape index (κ1) is 12.5. The number of aliphatic hydroxyl groups is 1. The number of hydrogen-bond donors (Lipinski definition) is 2. The Kier molecular flexibility index (Phi) is 3.50. The molecule has 1 unspecified atom stereocenters. The van der Waals surface area contributed by atoms with Crippen molar-refractivity contribution in [3.8, 4) is 0 Å². The van der Waals surface area contributed by atoms with Gasteiger partial charge in [0.2, 0.25) is 0 Å². The van der Waals surface area contributed by atoms with Crippen molar-refractivity contribution in [2.45, 2.75) is 37.3 Å². The second-order valence-electron chi connectivity index (χ2n) is 4.28. The van der Waals surface area contributed by atoms with Gasteiger partial charge in [0.15, 0.2) is 5.03 Å². The van der Waals surface area contributed by atoms with Crippen LogP contribution in [0.4, 0.5) is 0 Å². The lowest BCUT2D eigenvalue weighted by Gasteiger charge is -2.32. The zero-order valence-corrected chi connectivity index (χ0v) is 10.6. The average molecular weight is 259 g/mol. The fraction of sp³-hybridized carbons (Fsp3) is 0.700. The number of aliphatic hydroxyl groups excluding tert-OH is 1. The molecule has 0 saturated carbocycles. The average Bonchev–Trinajstić information content (AvgIpc) is 2.76. The van der Waals surface area contributed by atoms with Gasteiger partial charge in [-0.05, 0) is 19.8 Å². The normalized spacial score (nSPS) is 22.8. The van der Waals surface area contributed by atoms with Crippen LogP contribution in [0.3, 0.4) is 0 Å². The summed E-state index contributed by atoms with van der Waals surface area (Å²) in [6.45, 7) is 2.04. The van der Waals surface area contributed by atoms with Crippen LogP contribution in [-0.4, -0.2) is 47.0 Å². The minimum absolute atomic E-state index is 0.107. The summed E-state index contributed by atoms with van der Waals surface area (Å²) >= 11 is 0. The summed E-state index contributed by atoms with van der Waals surface area (Å²) in [5.74, 6) is 0.570. The lowest BCUT2D eigenvalue weighted by Crippen LogP contribution is -2.45. The number of aromatic amines is 1. The van der Waals surface area contributed by atoms with E-state index in [1.807, 2.05) is 0 Å². The topological polar surface area (TPSA) is 86.3 Å². The largest absolute Gasteiger partial charge is 0.395 e. The van der Waals surface area contributed by atoms with Gasteiger partial charge in [0, 0.05) is 12.6 Å². The minimum Gasteiger partial charge on any atom is -0.395 e. The lowest BCUT2D eigenvalue weighted by molar-refractivity contribution is 0.155. The number of aromatic nitrogens is 2. The summed E-state index contributed by atoms with van der Waals surface area (Å²) in [4.78, 5) is 6.64. The van der Waals surface area contributed by atoms with Crippen molar-refractivity contribution >= 4 is 10.0 Å². The Hall–Kier alpha value is -0.920. The van der Waals surface area contributed by atoms with E-state index in [0.29, 0.717) is 18.8 Å². The first-order valence-electron chi connectivity index (χ1n) is 5.70. The molecule has 7 heteroatoms. The maximum absolute atomic E-state index is 12.3. The van der Waals surface area contributed by atoms with Crippen LogP contribution in [0.15, 0.2) is 11.2 Å². The van der Waals surface area contributed by atoms with Crippen molar-refractivity contribution in [2.75, 3.05) is 13.2 Å². The van der Waals surface area contributed by atoms with Crippen LogP contribution in [0.1, 0.15) is 25.1 Å². The summed E-state index contributed by atoms with van der Waals surface area (Å²) in [5.41, 5.74) is 0. The van der Waals surface area contributed by atoms with Gasteiger partial charge in [-0.3, -0.25) is 0 Å². The van der Waals surface area contributed by atoms with Gasteiger partial charge in [0.25, 0.3) is 10.0 Å². The molecule has 0 radical (unpaired) electrons. The van der Waals surface area contributed by atoms with Gasteiger partial charge in [-0.1, -0.05) is 6.42 Å². The number of piperidine rings is 1. The van der Waals surface area contributed by atoms with Gasteiger partial charge < -0.3 is 10.1 Å². The summed E-state index contributed by atoms with van der Waals surface area (Å²) < 4.78 is 26.0. The smallest absolute Gasteiger partial charge is 0.260 e. The van der Waals surface area contributed by atoms with Crippen molar-refractivity contribution in [1.82, 2.24) is 14.3 Å². The molecule has 1 saturated heterocycles. The molecular weight excluding hydrogens is 242 g/mol. The van der Waals surface area contributed by atoms with E-state index < -0.39 is 10.0 Å². The van der Waals surface area contributed by atoms with E-state index in [1.54, 1.807) is 6.92 Å². The quantitative estimate of drug-likeness (QED) is 0.815. The van der Waals surface area contributed by atoms with Crippen LogP contribution < -0.4 is 0 Å². The van der Waals surface area contributed by atoms with E-state index in [4.69, 9.17) is 0 Å². The molecule has 1 aromatic rings. The second kappa shape index (κ2) is 4.75. The van der Waals surface area contributed by atoms with Gasteiger partial charge in [0.1, 0.15) is 5.82 Å². The van der Waals surface area contributed by atoms with Crippen LogP contribution in [-0.2, 0) is 10.0 Å². The first-order valence-corrected chi connectivity index (χ1v) is 7.14. The number of H-pyrrole nitrogens is 1. The Labute approximate surface area is 101 Å². The molecule has 0 spiro atoms. The zero-order chi connectivity index (χ0) is 12.5. The van der Waals surface area contributed by atoms with Crippen LogP contribution in [0.5, 0.6) is 0 Å². The molecule has 2 rings (SSSR count). The number of imidazole rings is 1. The van der Waals surface area contributed by atoms with Crippen molar-refractivity contribution in [3.63, 3.8) is 0 Å². The molecule has 96 valence electrons. The van der Waals surface area contributed by atoms with E-state index in [2.05, 4.69) is 9.97 Å². The summed E-state index contributed by atoms with van der Waals surface area (Å²) in [6.07, 6.45) is 3.83. The third-order valence-electron chi connectivity index (χ3n) is 3.05. The fourth-order valence-electron chi connectivity index (χ4n) is 2.13. The maximum atomic E-state index is 12.3. The predicted octanol–water partition coefficient (Wildman–Crippen LogP) is 0.254. The van der Waals surface area contributed by atoms with Gasteiger partial charge in [-0.2, -0.15) is 4.31 Å². The van der Waals surface area contributed by atoms with Crippen molar-refractivity contribution in [1.29, 1.82) is 0 Å². The molecule has 1 atom stereocenters. The summed E-state index contributed by atoms with van der Waals surface area (Å²) in [5, 5.41) is 9.35. The Balaban J connectivity index is 2.30. The monoisotopic (exact) mass is 259 g/mol. The molecular formula is C10H17N3O3S. The Morgan fingerprint density at radius 1 is 1.59 bits per heavy atom.